The Morgan fingerprint density at radius 3 is 2.57 bits per heavy atom. The molecule has 5 heteroatoms. The van der Waals surface area contributed by atoms with E-state index in [1.165, 1.54) is 0 Å². The molecular weight excluding hydrogens is 332 g/mol. The first-order valence-electron chi connectivity index (χ1n) is 6.70. The maximum absolute atomic E-state index is 11.9. The number of carbonyl (C=O) groups is 1. The molecule has 2 aromatic rings. The molecule has 2 aromatic carbocycles. The Morgan fingerprint density at radius 2 is 1.86 bits per heavy atom. The van der Waals surface area contributed by atoms with Gasteiger partial charge in [0.15, 0.2) is 0 Å². The third kappa shape index (κ3) is 4.79. The maximum Gasteiger partial charge on any atom is 0.243 e. The molecule has 1 amide bonds. The lowest BCUT2D eigenvalue weighted by Crippen LogP contribution is -2.21. The Hall–Kier alpha value is -2.01. The van der Waals surface area contributed by atoms with E-state index in [-0.39, 0.29) is 12.5 Å². The van der Waals surface area contributed by atoms with Gasteiger partial charge in [-0.25, -0.2) is 0 Å². The molecule has 0 unspecified atom stereocenters. The summed E-state index contributed by atoms with van der Waals surface area (Å²) in [7, 11) is 0. The molecule has 0 aliphatic heterocycles. The highest BCUT2D eigenvalue weighted by Gasteiger charge is 2.05. The Balaban J connectivity index is 1.90. The van der Waals surface area contributed by atoms with Crippen molar-refractivity contribution in [3.05, 3.63) is 53.0 Å². The molecule has 21 heavy (non-hydrogen) atoms. The van der Waals surface area contributed by atoms with Gasteiger partial charge in [0.1, 0.15) is 5.75 Å². The van der Waals surface area contributed by atoms with E-state index in [2.05, 4.69) is 26.6 Å². The van der Waals surface area contributed by atoms with Gasteiger partial charge in [0.05, 0.1) is 18.8 Å². The predicted molar refractivity (Wildman–Crippen MR) is 88.9 cm³/mol. The second kappa shape index (κ2) is 7.69. The minimum Gasteiger partial charge on any atom is -0.492 e. The van der Waals surface area contributed by atoms with Crippen LogP contribution in [0.2, 0.25) is 0 Å². The van der Waals surface area contributed by atoms with Crippen molar-refractivity contribution in [2.24, 2.45) is 0 Å². The van der Waals surface area contributed by atoms with Crippen LogP contribution in [0.25, 0.3) is 0 Å². The summed E-state index contributed by atoms with van der Waals surface area (Å²) in [5.74, 6) is 0.639. The van der Waals surface area contributed by atoms with Gasteiger partial charge >= 0.3 is 0 Å². The minimum atomic E-state index is -0.108. The minimum absolute atomic E-state index is 0.108. The quantitative estimate of drug-likeness (QED) is 0.832. The summed E-state index contributed by atoms with van der Waals surface area (Å²) in [4.78, 5) is 11.9. The molecule has 110 valence electrons. The highest BCUT2D eigenvalue weighted by atomic mass is 79.9. The molecule has 0 aliphatic carbocycles. The number of benzene rings is 2. The smallest absolute Gasteiger partial charge is 0.243 e. The summed E-state index contributed by atoms with van der Waals surface area (Å²) < 4.78 is 6.48. The summed E-state index contributed by atoms with van der Waals surface area (Å²) >= 11 is 3.36. The van der Waals surface area contributed by atoms with Crippen LogP contribution in [0.1, 0.15) is 6.92 Å². The third-order valence-corrected chi connectivity index (χ3v) is 3.28. The molecule has 0 aliphatic rings. The number of para-hydroxylation sites is 2. The van der Waals surface area contributed by atoms with Gasteiger partial charge in [0.2, 0.25) is 5.91 Å². The van der Waals surface area contributed by atoms with Gasteiger partial charge in [-0.05, 0) is 43.3 Å². The van der Waals surface area contributed by atoms with E-state index < -0.39 is 0 Å². The highest BCUT2D eigenvalue weighted by molar-refractivity contribution is 9.10. The summed E-state index contributed by atoms with van der Waals surface area (Å²) in [5, 5.41) is 5.91. The SMILES string of the molecule is CCOc1ccccc1NCC(=O)Nc1ccc(Br)cc1. The summed E-state index contributed by atoms with van der Waals surface area (Å²) in [6, 6.07) is 15.0. The van der Waals surface area contributed by atoms with E-state index in [9.17, 15) is 4.79 Å². The zero-order valence-electron chi connectivity index (χ0n) is 11.7. The number of amides is 1. The molecule has 0 bridgehead atoms. The molecule has 0 aromatic heterocycles. The van der Waals surface area contributed by atoms with E-state index in [4.69, 9.17) is 4.74 Å². The summed E-state index contributed by atoms with van der Waals surface area (Å²) in [5.41, 5.74) is 1.58. The number of rotatable bonds is 6. The van der Waals surface area contributed by atoms with Crippen molar-refractivity contribution in [3.63, 3.8) is 0 Å². The summed E-state index contributed by atoms with van der Waals surface area (Å²) in [6.07, 6.45) is 0. The molecule has 0 atom stereocenters. The molecule has 2 N–H and O–H groups in total. The van der Waals surface area contributed by atoms with Crippen molar-refractivity contribution >= 4 is 33.2 Å². The van der Waals surface area contributed by atoms with Crippen molar-refractivity contribution in [2.75, 3.05) is 23.8 Å². The molecule has 4 nitrogen and oxygen atoms in total. The fourth-order valence-electron chi connectivity index (χ4n) is 1.81. The average molecular weight is 349 g/mol. The molecule has 2 rings (SSSR count). The van der Waals surface area contributed by atoms with Gasteiger partial charge in [-0.15, -0.1) is 0 Å². The summed E-state index contributed by atoms with van der Waals surface area (Å²) in [6.45, 7) is 2.70. The topological polar surface area (TPSA) is 50.4 Å². The molecule has 0 saturated carbocycles. The first-order valence-corrected chi connectivity index (χ1v) is 7.49. The van der Waals surface area contributed by atoms with E-state index in [0.717, 1.165) is 21.6 Å². The Bertz CT molecular complexity index is 599. The van der Waals surface area contributed by atoms with Crippen LogP contribution in [-0.2, 0) is 4.79 Å². The number of halogens is 1. The number of nitrogens with one attached hydrogen (secondary N) is 2. The Labute approximate surface area is 132 Å². The third-order valence-electron chi connectivity index (χ3n) is 2.75. The van der Waals surface area contributed by atoms with Crippen LogP contribution in [-0.4, -0.2) is 19.1 Å². The van der Waals surface area contributed by atoms with Gasteiger partial charge in [0.25, 0.3) is 0 Å². The fourth-order valence-corrected chi connectivity index (χ4v) is 2.07. The van der Waals surface area contributed by atoms with Crippen molar-refractivity contribution in [1.82, 2.24) is 0 Å². The van der Waals surface area contributed by atoms with Gasteiger partial charge in [-0.2, -0.15) is 0 Å². The lowest BCUT2D eigenvalue weighted by Gasteiger charge is -2.12. The molecule has 0 fully saturated rings. The fraction of sp³-hybridized carbons (Fsp3) is 0.188. The monoisotopic (exact) mass is 348 g/mol. The average Bonchev–Trinajstić information content (AvgIpc) is 2.49. The Morgan fingerprint density at radius 1 is 1.14 bits per heavy atom. The van der Waals surface area contributed by atoms with Gasteiger partial charge in [-0.3, -0.25) is 4.79 Å². The normalized spacial score (nSPS) is 10.0. The van der Waals surface area contributed by atoms with Gasteiger partial charge in [-0.1, -0.05) is 28.1 Å². The molecule has 0 radical (unpaired) electrons. The second-order valence-corrected chi connectivity index (χ2v) is 5.25. The van der Waals surface area contributed by atoms with E-state index in [1.54, 1.807) is 0 Å². The second-order valence-electron chi connectivity index (χ2n) is 4.34. The van der Waals surface area contributed by atoms with E-state index in [1.807, 2.05) is 55.5 Å². The predicted octanol–water partition coefficient (Wildman–Crippen LogP) is 3.90. The highest BCUT2D eigenvalue weighted by Crippen LogP contribution is 2.23. The number of ether oxygens (including phenoxy) is 1. The zero-order chi connectivity index (χ0) is 15.1. The molecular formula is C16H17BrN2O2. The van der Waals surface area contributed by atoms with Crippen LogP contribution in [0.15, 0.2) is 53.0 Å². The van der Waals surface area contributed by atoms with Crippen molar-refractivity contribution in [3.8, 4) is 5.75 Å². The number of hydrogen-bond acceptors (Lipinski definition) is 3. The van der Waals surface area contributed by atoms with Crippen LogP contribution in [0.4, 0.5) is 11.4 Å². The van der Waals surface area contributed by atoms with Gasteiger partial charge in [0, 0.05) is 10.2 Å². The molecule has 0 spiro atoms. The first-order chi connectivity index (χ1) is 10.2. The van der Waals surface area contributed by atoms with Crippen LogP contribution in [0.5, 0.6) is 5.75 Å². The van der Waals surface area contributed by atoms with Crippen LogP contribution >= 0.6 is 15.9 Å². The lowest BCUT2D eigenvalue weighted by molar-refractivity contribution is -0.114. The number of anilines is 2. The standard InChI is InChI=1S/C16H17BrN2O2/c1-2-21-15-6-4-3-5-14(15)18-11-16(20)19-13-9-7-12(17)8-10-13/h3-10,18H,2,11H2,1H3,(H,19,20). The number of hydrogen-bond donors (Lipinski definition) is 2. The maximum atomic E-state index is 11.9. The largest absolute Gasteiger partial charge is 0.492 e. The van der Waals surface area contributed by atoms with Crippen molar-refractivity contribution in [2.45, 2.75) is 6.92 Å². The van der Waals surface area contributed by atoms with Crippen LogP contribution < -0.4 is 15.4 Å². The van der Waals surface area contributed by atoms with Gasteiger partial charge < -0.3 is 15.4 Å². The van der Waals surface area contributed by atoms with E-state index in [0.29, 0.717) is 6.61 Å². The van der Waals surface area contributed by atoms with Crippen molar-refractivity contribution in [1.29, 1.82) is 0 Å². The molecule has 0 saturated heterocycles. The Kier molecular flexibility index (Phi) is 5.63. The van der Waals surface area contributed by atoms with Crippen LogP contribution in [0, 0.1) is 0 Å². The van der Waals surface area contributed by atoms with E-state index >= 15 is 0 Å². The van der Waals surface area contributed by atoms with Crippen molar-refractivity contribution < 1.29 is 9.53 Å². The number of carbonyl (C=O) groups excluding carboxylic acids is 1. The molecule has 0 heterocycles. The first kappa shape index (κ1) is 15.4. The zero-order valence-corrected chi connectivity index (χ0v) is 13.3. The van der Waals surface area contributed by atoms with Crippen LogP contribution in [0.3, 0.4) is 0 Å². The lowest BCUT2D eigenvalue weighted by atomic mass is 10.3.